The first-order valence-corrected chi connectivity index (χ1v) is 7.20. The van der Waals surface area contributed by atoms with Crippen LogP contribution in [0, 0.1) is 5.41 Å². The van der Waals surface area contributed by atoms with Gasteiger partial charge in [-0.2, -0.15) is 0 Å². The molecule has 0 fully saturated rings. The fraction of sp³-hybridized carbons (Fsp3) is 0.562. The van der Waals surface area contributed by atoms with Gasteiger partial charge in [-0.15, -0.1) is 0 Å². The van der Waals surface area contributed by atoms with Crippen molar-refractivity contribution in [1.82, 2.24) is 10.6 Å². The van der Waals surface area contributed by atoms with Crippen molar-refractivity contribution in [3.8, 4) is 0 Å². The maximum Gasteiger partial charge on any atom is 0.319 e. The summed E-state index contributed by atoms with van der Waals surface area (Å²) in [5, 5.41) is 9.07. The van der Waals surface area contributed by atoms with Crippen LogP contribution in [0.1, 0.15) is 46.2 Å². The van der Waals surface area contributed by atoms with Crippen LogP contribution >= 0.6 is 0 Å². The van der Waals surface area contributed by atoms with Gasteiger partial charge in [0, 0.05) is 18.3 Å². The summed E-state index contributed by atoms with van der Waals surface area (Å²) in [6.45, 7) is 12.1. The monoisotopic (exact) mass is 277 g/mol. The lowest BCUT2D eigenvalue weighted by molar-refractivity contribution is 0.247. The molecule has 0 aromatic heterocycles. The number of carbonyl (C=O) groups is 1. The normalized spacial score (nSPS) is 12.8. The Balaban J connectivity index is 2.51. The van der Waals surface area contributed by atoms with E-state index in [4.69, 9.17) is 0 Å². The van der Waals surface area contributed by atoms with Gasteiger partial charge in [-0.25, -0.2) is 4.79 Å². The number of carbonyl (C=O) groups excluding carboxylic acids is 1. The average molecular weight is 277 g/mol. The number of hydrogen-bond donors (Lipinski definition) is 3. The van der Waals surface area contributed by atoms with Crippen LogP contribution in [0.15, 0.2) is 24.3 Å². The molecule has 1 atom stereocenters. The van der Waals surface area contributed by atoms with E-state index in [0.29, 0.717) is 12.6 Å². The zero-order valence-electron chi connectivity index (χ0n) is 13.2. The number of amides is 2. The molecule has 20 heavy (non-hydrogen) atoms. The van der Waals surface area contributed by atoms with Crippen molar-refractivity contribution >= 4 is 11.7 Å². The van der Waals surface area contributed by atoms with Crippen molar-refractivity contribution < 1.29 is 4.79 Å². The Bertz CT molecular complexity index is 420. The number of rotatable bonds is 5. The van der Waals surface area contributed by atoms with Gasteiger partial charge in [0.25, 0.3) is 0 Å². The molecule has 1 unspecified atom stereocenters. The van der Waals surface area contributed by atoms with Gasteiger partial charge in [0.2, 0.25) is 0 Å². The Labute approximate surface area is 122 Å². The average Bonchev–Trinajstić information content (AvgIpc) is 2.37. The first-order valence-electron chi connectivity index (χ1n) is 7.20. The number of benzene rings is 1. The highest BCUT2D eigenvalue weighted by Crippen LogP contribution is 2.16. The molecule has 0 bridgehead atoms. The highest BCUT2D eigenvalue weighted by molar-refractivity contribution is 5.89. The summed E-state index contributed by atoms with van der Waals surface area (Å²) in [5.74, 6) is 0. The van der Waals surface area contributed by atoms with Crippen LogP contribution in [0.4, 0.5) is 10.5 Å². The molecule has 112 valence electrons. The Hall–Kier alpha value is -1.55. The van der Waals surface area contributed by atoms with Gasteiger partial charge >= 0.3 is 6.03 Å². The lowest BCUT2D eigenvalue weighted by Crippen LogP contribution is -2.35. The third-order valence-corrected chi connectivity index (χ3v) is 2.96. The topological polar surface area (TPSA) is 53.2 Å². The second-order valence-corrected chi connectivity index (χ2v) is 6.27. The van der Waals surface area contributed by atoms with E-state index in [-0.39, 0.29) is 11.4 Å². The molecule has 1 aromatic carbocycles. The van der Waals surface area contributed by atoms with Crippen molar-refractivity contribution in [2.75, 3.05) is 18.4 Å². The number of hydrogen-bond acceptors (Lipinski definition) is 2. The molecule has 2 amide bonds. The summed E-state index contributed by atoms with van der Waals surface area (Å²) in [7, 11) is 0. The van der Waals surface area contributed by atoms with Crippen molar-refractivity contribution in [2.45, 2.75) is 40.7 Å². The van der Waals surface area contributed by atoms with E-state index in [1.807, 2.05) is 24.3 Å². The van der Waals surface area contributed by atoms with E-state index >= 15 is 0 Å². The SMILES string of the molecule is CCNC(C)c1ccc(NC(=O)NCC(C)(C)C)cc1. The molecule has 0 aliphatic heterocycles. The van der Waals surface area contributed by atoms with Gasteiger partial charge in [-0.05, 0) is 36.6 Å². The summed E-state index contributed by atoms with van der Waals surface area (Å²) in [6.07, 6.45) is 0. The van der Waals surface area contributed by atoms with E-state index in [1.165, 1.54) is 5.56 Å². The minimum Gasteiger partial charge on any atom is -0.337 e. The zero-order chi connectivity index (χ0) is 15.2. The fourth-order valence-corrected chi connectivity index (χ4v) is 1.80. The van der Waals surface area contributed by atoms with E-state index < -0.39 is 0 Å². The van der Waals surface area contributed by atoms with Gasteiger partial charge in [-0.3, -0.25) is 0 Å². The molecule has 1 aromatic rings. The van der Waals surface area contributed by atoms with Crippen molar-refractivity contribution in [3.05, 3.63) is 29.8 Å². The van der Waals surface area contributed by atoms with E-state index in [1.54, 1.807) is 0 Å². The smallest absolute Gasteiger partial charge is 0.319 e. The van der Waals surface area contributed by atoms with Crippen LogP contribution in [0.2, 0.25) is 0 Å². The molecule has 0 aliphatic rings. The standard InChI is InChI=1S/C16H27N3O/c1-6-17-12(2)13-7-9-14(10-8-13)19-15(20)18-11-16(3,4)5/h7-10,12,17H,6,11H2,1-5H3,(H2,18,19,20). The quantitative estimate of drug-likeness (QED) is 0.771. The summed E-state index contributed by atoms with van der Waals surface area (Å²) in [6, 6.07) is 8.09. The Morgan fingerprint density at radius 2 is 1.80 bits per heavy atom. The van der Waals surface area contributed by atoms with E-state index in [0.717, 1.165) is 12.2 Å². The van der Waals surface area contributed by atoms with Crippen LogP contribution in [0.25, 0.3) is 0 Å². The second kappa shape index (κ2) is 7.29. The molecule has 0 radical (unpaired) electrons. The predicted octanol–water partition coefficient (Wildman–Crippen LogP) is 3.52. The van der Waals surface area contributed by atoms with Crippen molar-refractivity contribution in [3.63, 3.8) is 0 Å². The molecule has 0 saturated carbocycles. The molecule has 0 saturated heterocycles. The molecule has 3 N–H and O–H groups in total. The molecule has 4 heteroatoms. The van der Waals surface area contributed by atoms with Gasteiger partial charge in [0.15, 0.2) is 0 Å². The van der Waals surface area contributed by atoms with E-state index in [2.05, 4.69) is 50.6 Å². The summed E-state index contributed by atoms with van der Waals surface area (Å²) in [4.78, 5) is 11.7. The summed E-state index contributed by atoms with van der Waals surface area (Å²) < 4.78 is 0. The van der Waals surface area contributed by atoms with Crippen molar-refractivity contribution in [1.29, 1.82) is 0 Å². The van der Waals surface area contributed by atoms with Crippen LogP contribution in [-0.2, 0) is 0 Å². The van der Waals surface area contributed by atoms with Gasteiger partial charge in [-0.1, -0.05) is 39.8 Å². The minimum absolute atomic E-state index is 0.0858. The highest BCUT2D eigenvalue weighted by Gasteiger charge is 2.11. The molecule has 0 aliphatic carbocycles. The maximum atomic E-state index is 11.7. The first-order chi connectivity index (χ1) is 9.31. The Morgan fingerprint density at radius 3 is 2.30 bits per heavy atom. The fourth-order valence-electron chi connectivity index (χ4n) is 1.80. The third-order valence-electron chi connectivity index (χ3n) is 2.96. The lowest BCUT2D eigenvalue weighted by atomic mass is 9.97. The molecule has 1 rings (SSSR count). The highest BCUT2D eigenvalue weighted by atomic mass is 16.2. The Kier molecular flexibility index (Phi) is 6.02. The largest absolute Gasteiger partial charge is 0.337 e. The van der Waals surface area contributed by atoms with Crippen LogP contribution in [0.3, 0.4) is 0 Å². The maximum absolute atomic E-state index is 11.7. The van der Waals surface area contributed by atoms with Crippen molar-refractivity contribution in [2.24, 2.45) is 5.41 Å². The van der Waals surface area contributed by atoms with Gasteiger partial charge in [0.05, 0.1) is 0 Å². The number of nitrogens with one attached hydrogen (secondary N) is 3. The molecular weight excluding hydrogens is 250 g/mol. The zero-order valence-corrected chi connectivity index (χ0v) is 13.2. The van der Waals surface area contributed by atoms with Gasteiger partial charge in [0.1, 0.15) is 0 Å². The van der Waals surface area contributed by atoms with E-state index in [9.17, 15) is 4.79 Å². The van der Waals surface area contributed by atoms with Gasteiger partial charge < -0.3 is 16.0 Å². The molecule has 4 nitrogen and oxygen atoms in total. The lowest BCUT2D eigenvalue weighted by Gasteiger charge is -2.19. The number of urea groups is 1. The Morgan fingerprint density at radius 1 is 1.20 bits per heavy atom. The minimum atomic E-state index is -0.160. The number of anilines is 1. The second-order valence-electron chi connectivity index (χ2n) is 6.27. The third kappa shape index (κ3) is 6.06. The molecule has 0 heterocycles. The van der Waals surface area contributed by atoms with Crippen LogP contribution in [0.5, 0.6) is 0 Å². The predicted molar refractivity (Wildman–Crippen MR) is 85.0 cm³/mol. The summed E-state index contributed by atoms with van der Waals surface area (Å²) >= 11 is 0. The van der Waals surface area contributed by atoms with Crippen LogP contribution in [-0.4, -0.2) is 19.1 Å². The first kappa shape index (κ1) is 16.5. The summed E-state index contributed by atoms with van der Waals surface area (Å²) in [5.41, 5.74) is 2.11. The van der Waals surface area contributed by atoms with Crippen LogP contribution < -0.4 is 16.0 Å². The molecular formula is C16H27N3O. The molecule has 0 spiro atoms.